The number of hydrogen-bond acceptors (Lipinski definition) is 6. The monoisotopic (exact) mass is 407 g/mol. The predicted octanol–water partition coefficient (Wildman–Crippen LogP) is 1.83. The molecule has 1 saturated carbocycles. The largest absolute Gasteiger partial charge is 0.346 e. The molecule has 1 aliphatic rings. The highest BCUT2D eigenvalue weighted by molar-refractivity contribution is 7.93. The minimum Gasteiger partial charge on any atom is -0.346 e. The van der Waals surface area contributed by atoms with Gasteiger partial charge in [0.2, 0.25) is 0 Å². The van der Waals surface area contributed by atoms with E-state index in [2.05, 4.69) is 15.6 Å². The van der Waals surface area contributed by atoms with Crippen LogP contribution in [0.2, 0.25) is 0 Å². The molecule has 0 spiro atoms. The van der Waals surface area contributed by atoms with E-state index in [0.717, 1.165) is 37.0 Å². The zero-order valence-electron chi connectivity index (χ0n) is 14.6. The van der Waals surface area contributed by atoms with Crippen LogP contribution in [0.4, 0.5) is 0 Å². The second-order valence-corrected chi connectivity index (χ2v) is 9.72. The maximum absolute atomic E-state index is 13.0. The number of carbonyl (C=O) groups is 2. The van der Waals surface area contributed by atoms with Crippen LogP contribution in [0.5, 0.6) is 0 Å². The van der Waals surface area contributed by atoms with E-state index in [0.29, 0.717) is 5.56 Å². The summed E-state index contributed by atoms with van der Waals surface area (Å²) >= 11 is 1.11. The molecule has 2 heterocycles. The van der Waals surface area contributed by atoms with E-state index in [1.165, 1.54) is 12.3 Å². The SMILES string of the molecule is O=C(NC[C@H](c1cccnc1)S(=O)(=O)c1cccs1)C(=O)NC1CCCC1. The Morgan fingerprint density at radius 1 is 1.19 bits per heavy atom. The third-order valence-electron chi connectivity index (χ3n) is 4.55. The van der Waals surface area contributed by atoms with Crippen molar-refractivity contribution in [2.75, 3.05) is 6.54 Å². The van der Waals surface area contributed by atoms with Crippen LogP contribution >= 0.6 is 11.3 Å². The zero-order valence-corrected chi connectivity index (χ0v) is 16.3. The van der Waals surface area contributed by atoms with E-state index < -0.39 is 26.9 Å². The van der Waals surface area contributed by atoms with Gasteiger partial charge in [0.25, 0.3) is 0 Å². The number of carbonyl (C=O) groups excluding carboxylic acids is 2. The molecule has 0 radical (unpaired) electrons. The van der Waals surface area contributed by atoms with Crippen molar-refractivity contribution in [3.05, 3.63) is 47.6 Å². The van der Waals surface area contributed by atoms with E-state index in [1.807, 2.05) is 0 Å². The highest BCUT2D eigenvalue weighted by Gasteiger charge is 2.31. The van der Waals surface area contributed by atoms with Crippen LogP contribution < -0.4 is 10.6 Å². The lowest BCUT2D eigenvalue weighted by Gasteiger charge is -2.18. The number of pyridine rings is 1. The van der Waals surface area contributed by atoms with Gasteiger partial charge in [0.15, 0.2) is 9.84 Å². The summed E-state index contributed by atoms with van der Waals surface area (Å²) in [6, 6.07) is 6.49. The Hall–Kier alpha value is -2.26. The molecule has 0 aliphatic heterocycles. The van der Waals surface area contributed by atoms with Crippen LogP contribution in [0.25, 0.3) is 0 Å². The van der Waals surface area contributed by atoms with Gasteiger partial charge in [-0.1, -0.05) is 25.0 Å². The van der Waals surface area contributed by atoms with E-state index in [9.17, 15) is 18.0 Å². The second kappa shape index (κ2) is 8.62. The van der Waals surface area contributed by atoms with Crippen molar-refractivity contribution in [3.63, 3.8) is 0 Å². The van der Waals surface area contributed by atoms with Gasteiger partial charge in [0, 0.05) is 25.0 Å². The fourth-order valence-corrected chi connectivity index (χ4v) is 5.97. The van der Waals surface area contributed by atoms with E-state index >= 15 is 0 Å². The highest BCUT2D eigenvalue weighted by Crippen LogP contribution is 2.30. The Morgan fingerprint density at radius 3 is 2.59 bits per heavy atom. The number of sulfone groups is 1. The van der Waals surface area contributed by atoms with Gasteiger partial charge in [-0.15, -0.1) is 11.3 Å². The Morgan fingerprint density at radius 2 is 1.96 bits per heavy atom. The lowest BCUT2D eigenvalue weighted by Crippen LogP contribution is -2.45. The molecular formula is C18H21N3O4S2. The number of nitrogens with zero attached hydrogens (tertiary/aromatic N) is 1. The van der Waals surface area contributed by atoms with Crippen molar-refractivity contribution in [2.24, 2.45) is 0 Å². The van der Waals surface area contributed by atoms with Gasteiger partial charge in [-0.2, -0.15) is 0 Å². The Labute approximate surface area is 162 Å². The third-order valence-corrected chi connectivity index (χ3v) is 8.08. The molecule has 27 heavy (non-hydrogen) atoms. The number of nitrogens with one attached hydrogen (secondary N) is 2. The molecule has 1 aliphatic carbocycles. The first kappa shape index (κ1) is 19.5. The lowest BCUT2D eigenvalue weighted by molar-refractivity contribution is -0.139. The normalized spacial score (nSPS) is 16.0. The smallest absolute Gasteiger partial charge is 0.309 e. The fourth-order valence-electron chi connectivity index (χ4n) is 3.13. The maximum Gasteiger partial charge on any atom is 0.309 e. The summed E-state index contributed by atoms with van der Waals surface area (Å²) in [6.45, 7) is -0.206. The topological polar surface area (TPSA) is 105 Å². The molecule has 2 N–H and O–H groups in total. The van der Waals surface area contributed by atoms with Crippen LogP contribution in [0.1, 0.15) is 36.5 Å². The molecule has 0 aromatic carbocycles. The molecule has 3 rings (SSSR count). The summed E-state index contributed by atoms with van der Waals surface area (Å²) in [4.78, 5) is 28.2. The molecule has 7 nitrogen and oxygen atoms in total. The summed E-state index contributed by atoms with van der Waals surface area (Å²) in [6.07, 6.45) is 6.81. The van der Waals surface area contributed by atoms with Gasteiger partial charge in [-0.25, -0.2) is 8.42 Å². The minimum atomic E-state index is -3.72. The second-order valence-electron chi connectivity index (χ2n) is 6.42. The molecule has 2 aromatic heterocycles. The van der Waals surface area contributed by atoms with Gasteiger partial charge in [-0.05, 0) is 35.9 Å². The molecule has 0 saturated heterocycles. The highest BCUT2D eigenvalue weighted by atomic mass is 32.2. The summed E-state index contributed by atoms with van der Waals surface area (Å²) in [5.74, 6) is -1.54. The molecular weight excluding hydrogens is 386 g/mol. The van der Waals surface area contributed by atoms with Crippen molar-refractivity contribution in [3.8, 4) is 0 Å². The zero-order chi connectivity index (χ0) is 19.3. The Bertz CT molecular complexity index is 877. The number of hydrogen-bond donors (Lipinski definition) is 2. The molecule has 144 valence electrons. The molecule has 9 heteroatoms. The predicted molar refractivity (Wildman–Crippen MR) is 102 cm³/mol. The van der Waals surface area contributed by atoms with Crippen LogP contribution in [-0.2, 0) is 19.4 Å². The Balaban J connectivity index is 1.72. The number of amides is 2. The fraction of sp³-hybridized carbons (Fsp3) is 0.389. The quantitative estimate of drug-likeness (QED) is 0.711. The van der Waals surface area contributed by atoms with Crippen molar-refractivity contribution < 1.29 is 18.0 Å². The average Bonchev–Trinajstić information content (AvgIpc) is 3.36. The van der Waals surface area contributed by atoms with Gasteiger partial charge in [0.1, 0.15) is 9.46 Å². The van der Waals surface area contributed by atoms with Gasteiger partial charge < -0.3 is 10.6 Å². The van der Waals surface area contributed by atoms with Gasteiger partial charge >= 0.3 is 11.8 Å². The molecule has 2 aromatic rings. The molecule has 1 atom stereocenters. The third kappa shape index (κ3) is 4.72. The summed E-state index contributed by atoms with van der Waals surface area (Å²) in [5.41, 5.74) is 0.461. The maximum atomic E-state index is 13.0. The molecule has 0 unspecified atom stereocenters. The van der Waals surface area contributed by atoms with Crippen LogP contribution in [-0.4, -0.2) is 37.8 Å². The van der Waals surface area contributed by atoms with Crippen LogP contribution in [0, 0.1) is 0 Å². The summed E-state index contributed by atoms with van der Waals surface area (Å²) < 4.78 is 26.2. The van der Waals surface area contributed by atoms with E-state index in [4.69, 9.17) is 0 Å². The summed E-state index contributed by atoms with van der Waals surface area (Å²) in [5, 5.41) is 5.83. The minimum absolute atomic E-state index is 0.0206. The number of aromatic nitrogens is 1. The first-order valence-electron chi connectivity index (χ1n) is 8.74. The van der Waals surface area contributed by atoms with E-state index in [1.54, 1.807) is 29.8 Å². The number of thiophene rings is 1. The van der Waals surface area contributed by atoms with Crippen LogP contribution in [0.15, 0.2) is 46.2 Å². The standard InChI is InChI=1S/C18H21N3O4S2/c22-17(18(23)21-14-6-1-2-7-14)20-12-15(13-5-3-9-19-11-13)27(24,25)16-8-4-10-26-16/h3-5,8-11,14-15H,1-2,6-7,12H2,(H,20,22)(H,21,23)/t15-/m1/s1. The van der Waals surface area contributed by atoms with Crippen molar-refractivity contribution >= 4 is 33.0 Å². The average molecular weight is 408 g/mol. The van der Waals surface area contributed by atoms with E-state index in [-0.39, 0.29) is 16.8 Å². The van der Waals surface area contributed by atoms with Crippen molar-refractivity contribution in [2.45, 2.75) is 41.2 Å². The first-order valence-corrected chi connectivity index (χ1v) is 11.2. The molecule has 1 fully saturated rings. The van der Waals surface area contributed by atoms with Gasteiger partial charge in [0.05, 0.1) is 0 Å². The first-order chi connectivity index (χ1) is 13.0. The Kier molecular flexibility index (Phi) is 6.22. The summed E-state index contributed by atoms with van der Waals surface area (Å²) in [7, 11) is -3.72. The lowest BCUT2D eigenvalue weighted by atomic mass is 10.2. The molecule has 0 bridgehead atoms. The van der Waals surface area contributed by atoms with Gasteiger partial charge in [-0.3, -0.25) is 14.6 Å². The van der Waals surface area contributed by atoms with Crippen molar-refractivity contribution in [1.82, 2.24) is 15.6 Å². The van der Waals surface area contributed by atoms with Crippen LogP contribution in [0.3, 0.4) is 0 Å². The number of rotatable bonds is 6. The molecule has 2 amide bonds. The van der Waals surface area contributed by atoms with Crippen molar-refractivity contribution in [1.29, 1.82) is 0 Å².